The van der Waals surface area contributed by atoms with Gasteiger partial charge < -0.3 is 11.1 Å². The van der Waals surface area contributed by atoms with E-state index in [9.17, 15) is 4.79 Å². The molecule has 1 aromatic rings. The minimum atomic E-state index is -0.127. The van der Waals surface area contributed by atoms with Crippen LogP contribution in [0.4, 0.5) is 0 Å². The molecule has 1 aromatic carbocycles. The molecule has 1 unspecified atom stereocenters. The van der Waals surface area contributed by atoms with Gasteiger partial charge in [0.15, 0.2) is 0 Å². The van der Waals surface area contributed by atoms with Crippen LogP contribution in [-0.2, 0) is 11.2 Å². The predicted molar refractivity (Wildman–Crippen MR) is 75.5 cm³/mol. The Kier molecular flexibility index (Phi) is 5.86. The van der Waals surface area contributed by atoms with Gasteiger partial charge in [0.05, 0.1) is 5.92 Å². The first-order valence-electron chi connectivity index (χ1n) is 6.61. The summed E-state index contributed by atoms with van der Waals surface area (Å²) < 4.78 is 0. The lowest BCUT2D eigenvalue weighted by atomic mass is 9.96. The number of hydrogen-bond donors (Lipinski definition) is 2. The number of nitrogens with two attached hydrogens (primary N) is 1. The molecule has 0 aliphatic heterocycles. The molecule has 3 heteroatoms. The van der Waals surface area contributed by atoms with Crippen LogP contribution in [0.3, 0.4) is 0 Å². The van der Waals surface area contributed by atoms with Crippen molar-refractivity contribution < 1.29 is 4.79 Å². The second-order valence-electron chi connectivity index (χ2n) is 4.92. The Hall–Kier alpha value is -1.35. The third-order valence-electron chi connectivity index (χ3n) is 2.97. The molecule has 1 rings (SSSR count). The van der Waals surface area contributed by atoms with Gasteiger partial charge >= 0.3 is 0 Å². The monoisotopic (exact) mass is 248 g/mol. The summed E-state index contributed by atoms with van der Waals surface area (Å²) in [6.45, 7) is 7.31. The first-order valence-corrected chi connectivity index (χ1v) is 6.61. The fraction of sp³-hybridized carbons (Fsp3) is 0.533. The van der Waals surface area contributed by atoms with E-state index in [0.717, 1.165) is 13.0 Å². The summed E-state index contributed by atoms with van der Waals surface area (Å²) >= 11 is 0. The Balaban J connectivity index is 2.70. The zero-order valence-electron chi connectivity index (χ0n) is 11.6. The zero-order chi connectivity index (χ0) is 13.5. The van der Waals surface area contributed by atoms with Crippen molar-refractivity contribution in [2.75, 3.05) is 13.1 Å². The molecule has 0 aliphatic carbocycles. The van der Waals surface area contributed by atoms with Crippen LogP contribution in [0, 0.1) is 19.8 Å². The van der Waals surface area contributed by atoms with Crippen LogP contribution in [0.2, 0.25) is 0 Å². The van der Waals surface area contributed by atoms with E-state index >= 15 is 0 Å². The number of nitrogens with one attached hydrogen (secondary N) is 1. The lowest BCUT2D eigenvalue weighted by molar-refractivity contribution is -0.124. The molecular weight excluding hydrogens is 224 g/mol. The summed E-state index contributed by atoms with van der Waals surface area (Å²) in [4.78, 5) is 11.9. The Labute approximate surface area is 110 Å². The van der Waals surface area contributed by atoms with Gasteiger partial charge in [-0.3, -0.25) is 4.79 Å². The second-order valence-corrected chi connectivity index (χ2v) is 4.92. The van der Waals surface area contributed by atoms with Crippen LogP contribution in [-0.4, -0.2) is 19.0 Å². The maximum absolute atomic E-state index is 11.9. The first kappa shape index (κ1) is 14.7. The number of carbonyl (C=O) groups is 1. The number of hydrogen-bond acceptors (Lipinski definition) is 2. The van der Waals surface area contributed by atoms with Crippen molar-refractivity contribution in [3.8, 4) is 0 Å². The number of aryl methyl sites for hydroxylation is 2. The van der Waals surface area contributed by atoms with Gasteiger partial charge in [0, 0.05) is 13.1 Å². The Morgan fingerprint density at radius 2 is 1.89 bits per heavy atom. The summed E-state index contributed by atoms with van der Waals surface area (Å²) in [5.74, 6) is -0.0590. The number of carbonyl (C=O) groups excluding carboxylic acids is 1. The molecule has 0 radical (unpaired) electrons. The largest absolute Gasteiger partial charge is 0.356 e. The van der Waals surface area contributed by atoms with Crippen LogP contribution in [0.1, 0.15) is 30.0 Å². The summed E-state index contributed by atoms with van der Waals surface area (Å²) in [5, 5.41) is 2.91. The maximum Gasteiger partial charge on any atom is 0.224 e. The zero-order valence-corrected chi connectivity index (χ0v) is 11.6. The van der Waals surface area contributed by atoms with Crippen LogP contribution >= 0.6 is 0 Å². The summed E-state index contributed by atoms with van der Waals surface area (Å²) in [5.41, 5.74) is 9.36. The summed E-state index contributed by atoms with van der Waals surface area (Å²) in [6, 6.07) is 6.39. The molecule has 1 atom stereocenters. The Morgan fingerprint density at radius 1 is 1.28 bits per heavy atom. The number of amides is 1. The van der Waals surface area contributed by atoms with Crippen LogP contribution < -0.4 is 11.1 Å². The molecule has 3 nitrogen and oxygen atoms in total. The minimum Gasteiger partial charge on any atom is -0.356 e. The van der Waals surface area contributed by atoms with Crippen LogP contribution in [0.25, 0.3) is 0 Å². The molecule has 0 spiro atoms. The van der Waals surface area contributed by atoms with Crippen molar-refractivity contribution in [1.82, 2.24) is 5.32 Å². The van der Waals surface area contributed by atoms with Crippen molar-refractivity contribution in [2.24, 2.45) is 11.7 Å². The molecule has 1 amide bonds. The molecule has 0 heterocycles. The minimum absolute atomic E-state index is 0.0681. The molecule has 100 valence electrons. The van der Waals surface area contributed by atoms with E-state index in [4.69, 9.17) is 5.73 Å². The van der Waals surface area contributed by atoms with Gasteiger partial charge in [0.1, 0.15) is 0 Å². The van der Waals surface area contributed by atoms with E-state index in [1.807, 2.05) is 6.92 Å². The van der Waals surface area contributed by atoms with Crippen molar-refractivity contribution in [2.45, 2.75) is 33.6 Å². The Bertz CT molecular complexity index is 381. The van der Waals surface area contributed by atoms with Gasteiger partial charge in [0.25, 0.3) is 0 Å². The van der Waals surface area contributed by atoms with E-state index in [1.165, 1.54) is 16.7 Å². The number of benzene rings is 1. The van der Waals surface area contributed by atoms with E-state index in [-0.39, 0.29) is 11.8 Å². The van der Waals surface area contributed by atoms with Crippen LogP contribution in [0.5, 0.6) is 0 Å². The standard InChI is InChI=1S/C15H24N2O/c1-4-5-17-15(18)14(10-16)9-13-7-11(2)6-12(3)8-13/h6-8,14H,4-5,9-10,16H2,1-3H3,(H,17,18). The smallest absolute Gasteiger partial charge is 0.224 e. The second kappa shape index (κ2) is 7.17. The third-order valence-corrected chi connectivity index (χ3v) is 2.97. The third kappa shape index (κ3) is 4.49. The van der Waals surface area contributed by atoms with Gasteiger partial charge in [0.2, 0.25) is 5.91 Å². The average molecular weight is 248 g/mol. The molecule has 0 fully saturated rings. The van der Waals surface area contributed by atoms with Crippen molar-refractivity contribution in [3.63, 3.8) is 0 Å². The Morgan fingerprint density at radius 3 is 2.39 bits per heavy atom. The van der Waals surface area contributed by atoms with Gasteiger partial charge in [-0.15, -0.1) is 0 Å². The predicted octanol–water partition coefficient (Wildman–Crippen LogP) is 1.95. The lowest BCUT2D eigenvalue weighted by Crippen LogP contribution is -2.36. The highest BCUT2D eigenvalue weighted by atomic mass is 16.1. The molecule has 0 aromatic heterocycles. The van der Waals surface area contributed by atoms with Crippen molar-refractivity contribution >= 4 is 5.91 Å². The van der Waals surface area contributed by atoms with Crippen molar-refractivity contribution in [3.05, 3.63) is 34.9 Å². The van der Waals surface area contributed by atoms with E-state index in [1.54, 1.807) is 0 Å². The van der Waals surface area contributed by atoms with Gasteiger partial charge in [-0.1, -0.05) is 36.2 Å². The maximum atomic E-state index is 11.9. The fourth-order valence-corrected chi connectivity index (χ4v) is 2.15. The van der Waals surface area contributed by atoms with E-state index in [2.05, 4.69) is 37.4 Å². The molecule has 0 saturated carbocycles. The number of rotatable bonds is 6. The molecule has 0 bridgehead atoms. The van der Waals surface area contributed by atoms with Gasteiger partial charge in [-0.2, -0.15) is 0 Å². The molecular formula is C15H24N2O. The first-order chi connectivity index (χ1) is 8.56. The normalized spacial score (nSPS) is 12.2. The molecule has 0 aliphatic rings. The SMILES string of the molecule is CCCNC(=O)C(CN)Cc1cc(C)cc(C)c1. The van der Waals surface area contributed by atoms with Crippen molar-refractivity contribution in [1.29, 1.82) is 0 Å². The highest BCUT2D eigenvalue weighted by molar-refractivity contribution is 5.79. The quantitative estimate of drug-likeness (QED) is 0.808. The summed E-state index contributed by atoms with van der Waals surface area (Å²) in [7, 11) is 0. The van der Waals surface area contributed by atoms with E-state index < -0.39 is 0 Å². The van der Waals surface area contributed by atoms with Gasteiger partial charge in [-0.25, -0.2) is 0 Å². The van der Waals surface area contributed by atoms with Gasteiger partial charge in [-0.05, 0) is 32.3 Å². The lowest BCUT2D eigenvalue weighted by Gasteiger charge is -2.15. The highest BCUT2D eigenvalue weighted by Crippen LogP contribution is 2.13. The molecule has 0 saturated heterocycles. The average Bonchev–Trinajstić information content (AvgIpc) is 2.31. The van der Waals surface area contributed by atoms with Crippen LogP contribution in [0.15, 0.2) is 18.2 Å². The molecule has 18 heavy (non-hydrogen) atoms. The van der Waals surface area contributed by atoms with E-state index in [0.29, 0.717) is 13.0 Å². The summed E-state index contributed by atoms with van der Waals surface area (Å²) in [6.07, 6.45) is 1.67. The highest BCUT2D eigenvalue weighted by Gasteiger charge is 2.16. The fourth-order valence-electron chi connectivity index (χ4n) is 2.15. The molecule has 3 N–H and O–H groups in total. The topological polar surface area (TPSA) is 55.1 Å².